The third kappa shape index (κ3) is 0.206. The fraction of sp³-hybridized carbons (Fsp3) is 0.667. The number of nitrogens with one attached hydrogen (secondary N) is 1. The molecule has 1 N–H and O–H groups in total. The zero-order chi connectivity index (χ0) is 2.99. The summed E-state index contributed by atoms with van der Waals surface area (Å²) in [6.07, 6.45) is 0. The lowest BCUT2D eigenvalue weighted by Gasteiger charge is -1.52. The van der Waals surface area contributed by atoms with Crippen LogP contribution in [0.2, 0.25) is 0 Å². The predicted molar refractivity (Wildman–Crippen MR) is 17.1 cm³/mol. The first-order valence-electron chi connectivity index (χ1n) is 1.46. The Bertz CT molecular complexity index is 22.5. The van der Waals surface area contributed by atoms with Crippen molar-refractivity contribution in [3.63, 3.8) is 0 Å². The van der Waals surface area contributed by atoms with Gasteiger partial charge >= 0.3 is 0 Å². The Hall–Kier alpha value is -0.0400. The Kier molecular flexibility index (Phi) is 0.256. The summed E-state index contributed by atoms with van der Waals surface area (Å²) in [5.74, 6) is 0. The Labute approximate surface area is 26.0 Å². The van der Waals surface area contributed by atoms with E-state index in [2.05, 4.69) is 12.2 Å². The van der Waals surface area contributed by atoms with Crippen LogP contribution in [0.5, 0.6) is 0 Å². The van der Waals surface area contributed by atoms with Gasteiger partial charge in [0.05, 0.1) is 0 Å². The second-order valence-corrected chi connectivity index (χ2v) is 1.11. The van der Waals surface area contributed by atoms with Crippen molar-refractivity contribution in [2.24, 2.45) is 0 Å². The van der Waals surface area contributed by atoms with Crippen LogP contribution in [0.25, 0.3) is 0 Å². The molecule has 0 aromatic rings. The van der Waals surface area contributed by atoms with Gasteiger partial charge in [0.2, 0.25) is 0 Å². The highest BCUT2D eigenvalue weighted by Gasteiger charge is 2.10. The molecule has 1 heteroatoms. The second kappa shape index (κ2) is 0.462. The summed E-state index contributed by atoms with van der Waals surface area (Å²) in [5, 5.41) is 2.99. The highest BCUT2D eigenvalue weighted by Crippen LogP contribution is 1.88. The summed E-state index contributed by atoms with van der Waals surface area (Å²) < 4.78 is 0. The zero-order valence-electron chi connectivity index (χ0n) is 2.49. The molecule has 1 aliphatic rings. The van der Waals surface area contributed by atoms with Crippen LogP contribution < -0.4 is 5.32 Å². The molecule has 1 radical (unpaired) electrons. The topological polar surface area (TPSA) is 21.9 Å². The van der Waals surface area contributed by atoms with E-state index in [4.69, 9.17) is 0 Å². The molecule has 1 aliphatic heterocycles. The molecule has 0 saturated carbocycles. The maximum Gasteiger partial charge on any atom is 0.0193 e. The monoisotopic (exact) mass is 56.1 g/mol. The molecular weight excluding hydrogens is 50.0 g/mol. The van der Waals surface area contributed by atoms with Gasteiger partial charge in [-0.25, -0.2) is 0 Å². The van der Waals surface area contributed by atoms with E-state index in [-0.39, 0.29) is 0 Å². The third-order valence-electron chi connectivity index (χ3n) is 0.493. The van der Waals surface area contributed by atoms with Gasteiger partial charge in [0.25, 0.3) is 0 Å². The average Bonchev–Trinajstić information content (AvgIpc) is 1.75. The molecule has 1 saturated heterocycles. The molecule has 1 heterocycles. The zero-order valence-corrected chi connectivity index (χ0v) is 2.49. The van der Waals surface area contributed by atoms with Gasteiger partial charge in [-0.1, -0.05) is 0 Å². The van der Waals surface area contributed by atoms with E-state index in [0.717, 1.165) is 6.54 Å². The molecule has 0 bridgehead atoms. The number of hydrogen-bond acceptors (Lipinski definition) is 1. The third-order valence-corrected chi connectivity index (χ3v) is 0.493. The van der Waals surface area contributed by atoms with E-state index in [9.17, 15) is 0 Å². The Morgan fingerprint density at radius 2 is 2.25 bits per heavy atom. The average molecular weight is 56.1 g/mol. The minimum atomic E-state index is 0.583. The van der Waals surface area contributed by atoms with Crippen LogP contribution in [0.4, 0.5) is 0 Å². The van der Waals surface area contributed by atoms with Gasteiger partial charge in [-0.05, 0) is 6.92 Å². The summed E-state index contributed by atoms with van der Waals surface area (Å²) in [6.45, 7) is 4.76. The highest BCUT2D eigenvalue weighted by atomic mass is 15.1. The van der Waals surface area contributed by atoms with Crippen LogP contribution in [0.15, 0.2) is 0 Å². The number of rotatable bonds is 0. The quantitative estimate of drug-likeness (QED) is 0.381. The summed E-state index contributed by atoms with van der Waals surface area (Å²) in [6, 6.07) is 0.583. The van der Waals surface area contributed by atoms with Crippen LogP contribution in [0.1, 0.15) is 0 Å². The van der Waals surface area contributed by atoms with E-state index in [0.29, 0.717) is 6.04 Å². The molecule has 1 fully saturated rings. The normalized spacial score (nSPS) is 39.8. The fourth-order valence-electron chi connectivity index (χ4n) is 0.0833. The lowest BCUT2D eigenvalue weighted by atomic mass is 10.6. The van der Waals surface area contributed by atoms with Gasteiger partial charge in [0, 0.05) is 12.6 Å². The first-order chi connectivity index (χ1) is 1.89. The molecule has 0 aromatic heterocycles. The summed E-state index contributed by atoms with van der Waals surface area (Å²) >= 11 is 0. The molecular formula is C3H6N. The Balaban J connectivity index is 2.17. The Morgan fingerprint density at radius 1 is 2.00 bits per heavy atom. The predicted octanol–water partition coefficient (Wildman–Crippen LogP) is -0.208. The molecule has 4 heavy (non-hydrogen) atoms. The fourth-order valence-corrected chi connectivity index (χ4v) is 0.0833. The van der Waals surface area contributed by atoms with E-state index in [1.807, 2.05) is 0 Å². The van der Waals surface area contributed by atoms with E-state index >= 15 is 0 Å². The van der Waals surface area contributed by atoms with Crippen molar-refractivity contribution in [3.05, 3.63) is 6.92 Å². The highest BCUT2D eigenvalue weighted by molar-refractivity contribution is 4.84. The van der Waals surface area contributed by atoms with Gasteiger partial charge in [0.15, 0.2) is 0 Å². The van der Waals surface area contributed by atoms with Gasteiger partial charge in [-0.15, -0.1) is 0 Å². The molecule has 0 aromatic carbocycles. The maximum atomic E-state index is 3.64. The van der Waals surface area contributed by atoms with E-state index < -0.39 is 0 Å². The van der Waals surface area contributed by atoms with Gasteiger partial charge in [-0.3, -0.25) is 0 Å². The summed E-state index contributed by atoms with van der Waals surface area (Å²) in [5.41, 5.74) is 0. The van der Waals surface area contributed by atoms with Crippen LogP contribution in [0, 0.1) is 6.92 Å². The smallest absolute Gasteiger partial charge is 0.0193 e. The van der Waals surface area contributed by atoms with Crippen LogP contribution in [-0.2, 0) is 0 Å². The first-order valence-corrected chi connectivity index (χ1v) is 1.46. The minimum absolute atomic E-state index is 0.583. The van der Waals surface area contributed by atoms with Crippen LogP contribution in [-0.4, -0.2) is 12.6 Å². The Morgan fingerprint density at radius 3 is 2.25 bits per heavy atom. The molecule has 1 nitrogen and oxygen atoms in total. The molecule has 0 spiro atoms. The van der Waals surface area contributed by atoms with Gasteiger partial charge in [0.1, 0.15) is 0 Å². The van der Waals surface area contributed by atoms with Crippen LogP contribution in [0.3, 0.4) is 0 Å². The standard InChI is InChI=1S/C3H6N/c1-3-2-4-3/h3-4H,1-2H2/t3-/m0/s1. The van der Waals surface area contributed by atoms with E-state index in [1.54, 1.807) is 0 Å². The SMILES string of the molecule is [CH2][C@H]1CN1. The van der Waals surface area contributed by atoms with Crippen molar-refractivity contribution < 1.29 is 0 Å². The van der Waals surface area contributed by atoms with Gasteiger partial charge in [-0.2, -0.15) is 0 Å². The largest absolute Gasteiger partial charge is 0.311 e. The molecule has 1 atom stereocenters. The molecule has 0 aliphatic carbocycles. The van der Waals surface area contributed by atoms with Gasteiger partial charge < -0.3 is 5.32 Å². The summed E-state index contributed by atoms with van der Waals surface area (Å²) in [4.78, 5) is 0. The van der Waals surface area contributed by atoms with E-state index in [1.165, 1.54) is 0 Å². The number of hydrogen-bond donors (Lipinski definition) is 1. The molecule has 23 valence electrons. The molecule has 1 rings (SSSR count). The van der Waals surface area contributed by atoms with Crippen molar-refractivity contribution >= 4 is 0 Å². The first kappa shape index (κ1) is 2.21. The maximum absolute atomic E-state index is 3.64. The van der Waals surface area contributed by atoms with Crippen molar-refractivity contribution in [1.82, 2.24) is 5.32 Å². The lowest BCUT2D eigenvalue weighted by Crippen LogP contribution is -1.73. The van der Waals surface area contributed by atoms with Crippen molar-refractivity contribution in [3.8, 4) is 0 Å². The van der Waals surface area contributed by atoms with Crippen molar-refractivity contribution in [2.45, 2.75) is 6.04 Å². The molecule has 0 amide bonds. The van der Waals surface area contributed by atoms with Crippen molar-refractivity contribution in [1.29, 1.82) is 0 Å². The summed E-state index contributed by atoms with van der Waals surface area (Å²) in [7, 11) is 0. The van der Waals surface area contributed by atoms with Crippen molar-refractivity contribution in [2.75, 3.05) is 6.54 Å². The minimum Gasteiger partial charge on any atom is -0.311 e. The lowest BCUT2D eigenvalue weighted by molar-refractivity contribution is 1.21. The molecule has 0 unspecified atom stereocenters. The van der Waals surface area contributed by atoms with Crippen LogP contribution >= 0.6 is 0 Å². The second-order valence-electron chi connectivity index (χ2n) is 1.11.